The number of carbonyl (C=O) groups is 1. The van der Waals surface area contributed by atoms with Crippen molar-refractivity contribution >= 4 is 16.9 Å². The molecule has 2 heterocycles. The minimum absolute atomic E-state index is 0.0333. The van der Waals surface area contributed by atoms with Gasteiger partial charge in [0.1, 0.15) is 23.2 Å². The molecule has 146 valence electrons. The fourth-order valence-electron chi connectivity index (χ4n) is 3.28. The molecule has 4 rings (SSSR count). The van der Waals surface area contributed by atoms with Gasteiger partial charge < -0.3 is 13.9 Å². The molecule has 0 N–H and O–H groups in total. The number of hydrogen-bond acceptors (Lipinski definition) is 4. The van der Waals surface area contributed by atoms with Crippen LogP contribution in [0, 0.1) is 0 Å². The van der Waals surface area contributed by atoms with Gasteiger partial charge in [-0.1, -0.05) is 42.5 Å². The molecule has 6 heteroatoms. The van der Waals surface area contributed by atoms with Crippen molar-refractivity contribution in [2.45, 2.75) is 13.0 Å². The topological polar surface area (TPSA) is 68.3 Å². The molecule has 4 aromatic rings. The average Bonchev–Trinajstić information content (AvgIpc) is 3.16. The molecule has 2 aromatic carbocycles. The summed E-state index contributed by atoms with van der Waals surface area (Å²) >= 11 is 0. The van der Waals surface area contributed by atoms with Crippen LogP contribution in [0.15, 0.2) is 82.5 Å². The van der Waals surface area contributed by atoms with Gasteiger partial charge in [-0.3, -0.25) is 9.59 Å². The minimum Gasteiger partial charge on any atom is -0.463 e. The molecule has 0 aliphatic heterocycles. The Morgan fingerprint density at radius 3 is 2.62 bits per heavy atom. The number of amides is 1. The highest BCUT2D eigenvalue weighted by Gasteiger charge is 2.22. The molecular weight excluding hydrogens is 366 g/mol. The van der Waals surface area contributed by atoms with Crippen LogP contribution in [0.5, 0.6) is 0 Å². The first-order valence-electron chi connectivity index (χ1n) is 9.43. The third kappa shape index (κ3) is 3.96. The van der Waals surface area contributed by atoms with Crippen molar-refractivity contribution in [3.63, 3.8) is 0 Å². The van der Waals surface area contributed by atoms with E-state index in [1.54, 1.807) is 35.4 Å². The molecular formula is C23H21N3O3. The number of benzene rings is 2. The van der Waals surface area contributed by atoms with Gasteiger partial charge in [0, 0.05) is 26.0 Å². The molecule has 0 saturated heterocycles. The molecule has 0 saturated carbocycles. The standard InChI is InChI=1S/C23H21N3O3/c1-25-14-12-24-21(25)15-26(13-11-17-7-3-2-4-8-17)23(28)19-16-29-20-10-6-5-9-18(20)22(19)27/h2-10,12,14,16H,11,13,15H2,1H3. The van der Waals surface area contributed by atoms with Crippen molar-refractivity contribution in [1.29, 1.82) is 0 Å². The van der Waals surface area contributed by atoms with Gasteiger partial charge in [-0.05, 0) is 24.1 Å². The summed E-state index contributed by atoms with van der Waals surface area (Å²) in [5.41, 5.74) is 1.30. The molecule has 0 fully saturated rings. The number of imidazole rings is 1. The van der Waals surface area contributed by atoms with Crippen LogP contribution in [0.25, 0.3) is 11.0 Å². The lowest BCUT2D eigenvalue weighted by Crippen LogP contribution is -2.36. The van der Waals surface area contributed by atoms with E-state index in [4.69, 9.17) is 4.42 Å². The van der Waals surface area contributed by atoms with Crippen LogP contribution in [0.2, 0.25) is 0 Å². The van der Waals surface area contributed by atoms with Crippen molar-refractivity contribution in [1.82, 2.24) is 14.5 Å². The zero-order chi connectivity index (χ0) is 20.2. The molecule has 0 radical (unpaired) electrons. The summed E-state index contributed by atoms with van der Waals surface area (Å²) in [6.45, 7) is 0.767. The summed E-state index contributed by atoms with van der Waals surface area (Å²) in [5.74, 6) is 0.389. The Bertz CT molecular complexity index is 1190. The first kappa shape index (κ1) is 18.7. The number of hydrogen-bond donors (Lipinski definition) is 0. The van der Waals surface area contributed by atoms with Gasteiger partial charge in [0.2, 0.25) is 5.43 Å². The van der Waals surface area contributed by atoms with Gasteiger partial charge in [0.15, 0.2) is 0 Å². The van der Waals surface area contributed by atoms with E-state index < -0.39 is 0 Å². The predicted octanol–water partition coefficient (Wildman–Crippen LogP) is 3.41. The maximum absolute atomic E-state index is 13.3. The van der Waals surface area contributed by atoms with Gasteiger partial charge in [-0.25, -0.2) is 4.98 Å². The number of nitrogens with zero attached hydrogens (tertiary/aromatic N) is 3. The summed E-state index contributed by atoms with van der Waals surface area (Å²) < 4.78 is 7.42. The number of fused-ring (bicyclic) bond motifs is 1. The van der Waals surface area contributed by atoms with Gasteiger partial charge >= 0.3 is 0 Å². The van der Waals surface area contributed by atoms with E-state index in [-0.39, 0.29) is 16.9 Å². The Labute approximate surface area is 168 Å². The average molecular weight is 387 g/mol. The van der Waals surface area contributed by atoms with Crippen molar-refractivity contribution < 1.29 is 9.21 Å². The molecule has 0 aliphatic rings. The largest absolute Gasteiger partial charge is 0.463 e. The molecule has 0 aliphatic carbocycles. The van der Waals surface area contributed by atoms with Crippen molar-refractivity contribution in [2.75, 3.05) is 6.54 Å². The SMILES string of the molecule is Cn1ccnc1CN(CCc1ccccc1)C(=O)c1coc2ccccc2c1=O. The zero-order valence-corrected chi connectivity index (χ0v) is 16.1. The Morgan fingerprint density at radius 1 is 1.10 bits per heavy atom. The van der Waals surface area contributed by atoms with E-state index in [1.165, 1.54) is 6.26 Å². The second-order valence-electron chi connectivity index (χ2n) is 6.89. The van der Waals surface area contributed by atoms with Crippen molar-refractivity contribution in [3.8, 4) is 0 Å². The van der Waals surface area contributed by atoms with Gasteiger partial charge in [-0.2, -0.15) is 0 Å². The first-order chi connectivity index (χ1) is 14.1. The molecule has 1 amide bonds. The lowest BCUT2D eigenvalue weighted by molar-refractivity contribution is 0.0736. The van der Waals surface area contributed by atoms with Crippen LogP contribution >= 0.6 is 0 Å². The normalized spacial score (nSPS) is 10.9. The van der Waals surface area contributed by atoms with E-state index in [0.717, 1.165) is 11.4 Å². The predicted molar refractivity (Wildman–Crippen MR) is 111 cm³/mol. The Hall–Kier alpha value is -3.67. The molecule has 6 nitrogen and oxygen atoms in total. The van der Waals surface area contributed by atoms with E-state index in [9.17, 15) is 9.59 Å². The van der Waals surface area contributed by atoms with E-state index in [1.807, 2.05) is 48.1 Å². The molecule has 0 unspecified atom stereocenters. The molecule has 0 spiro atoms. The fourth-order valence-corrected chi connectivity index (χ4v) is 3.28. The Morgan fingerprint density at radius 2 is 1.86 bits per heavy atom. The lowest BCUT2D eigenvalue weighted by atomic mass is 10.1. The minimum atomic E-state index is -0.358. The maximum Gasteiger partial charge on any atom is 0.261 e. The lowest BCUT2D eigenvalue weighted by Gasteiger charge is -2.22. The van der Waals surface area contributed by atoms with Crippen LogP contribution < -0.4 is 5.43 Å². The van der Waals surface area contributed by atoms with Crippen LogP contribution in [0.3, 0.4) is 0 Å². The van der Waals surface area contributed by atoms with Crippen LogP contribution in [-0.2, 0) is 20.0 Å². The number of aromatic nitrogens is 2. The quantitative estimate of drug-likeness (QED) is 0.508. The van der Waals surface area contributed by atoms with Crippen molar-refractivity contribution in [3.05, 3.63) is 100 Å². The maximum atomic E-state index is 13.3. The zero-order valence-electron chi connectivity index (χ0n) is 16.1. The highest BCUT2D eigenvalue weighted by Crippen LogP contribution is 2.14. The second-order valence-corrected chi connectivity index (χ2v) is 6.89. The van der Waals surface area contributed by atoms with Gasteiger partial charge in [-0.15, -0.1) is 0 Å². The summed E-state index contributed by atoms with van der Waals surface area (Å²) in [6.07, 6.45) is 5.47. The third-order valence-electron chi connectivity index (χ3n) is 4.96. The molecule has 0 bridgehead atoms. The second kappa shape index (κ2) is 8.14. The Balaban J connectivity index is 1.66. The highest BCUT2D eigenvalue weighted by molar-refractivity contribution is 5.96. The van der Waals surface area contributed by atoms with Crippen molar-refractivity contribution in [2.24, 2.45) is 7.05 Å². The van der Waals surface area contributed by atoms with Crippen LogP contribution in [0.4, 0.5) is 0 Å². The van der Waals surface area contributed by atoms with Gasteiger partial charge in [0.05, 0.1) is 11.9 Å². The molecule has 0 atom stereocenters. The van der Waals surface area contributed by atoms with E-state index >= 15 is 0 Å². The van der Waals surface area contributed by atoms with E-state index in [2.05, 4.69) is 4.98 Å². The third-order valence-corrected chi connectivity index (χ3v) is 4.96. The Kier molecular flexibility index (Phi) is 5.24. The van der Waals surface area contributed by atoms with Crippen LogP contribution in [-0.4, -0.2) is 26.9 Å². The monoisotopic (exact) mass is 387 g/mol. The summed E-state index contributed by atoms with van der Waals surface area (Å²) in [7, 11) is 1.88. The number of para-hydroxylation sites is 1. The summed E-state index contributed by atoms with van der Waals surface area (Å²) in [4.78, 5) is 32.2. The summed E-state index contributed by atoms with van der Waals surface area (Å²) in [5, 5.41) is 0.401. The van der Waals surface area contributed by atoms with Crippen LogP contribution in [0.1, 0.15) is 21.7 Å². The fraction of sp³-hybridized carbons (Fsp3) is 0.174. The van der Waals surface area contributed by atoms with Gasteiger partial charge in [0.25, 0.3) is 5.91 Å². The highest BCUT2D eigenvalue weighted by atomic mass is 16.3. The first-order valence-corrected chi connectivity index (χ1v) is 9.43. The number of carbonyl (C=O) groups excluding carboxylic acids is 1. The molecule has 29 heavy (non-hydrogen) atoms. The summed E-state index contributed by atoms with van der Waals surface area (Å²) in [6, 6.07) is 16.9. The smallest absolute Gasteiger partial charge is 0.261 e. The van der Waals surface area contributed by atoms with E-state index in [0.29, 0.717) is 30.5 Å². The number of aryl methyl sites for hydroxylation is 1. The molecule has 2 aromatic heterocycles. The number of rotatable bonds is 6.